The molecule has 6 nitrogen and oxygen atoms in total. The lowest BCUT2D eigenvalue weighted by Gasteiger charge is -2.22. The summed E-state index contributed by atoms with van der Waals surface area (Å²) in [5.74, 6) is 0.460. The average molecular weight is 326 g/mol. The third-order valence-electron chi connectivity index (χ3n) is 3.45. The number of hydrogen-bond donors (Lipinski definition) is 2. The molecule has 0 aromatic heterocycles. The van der Waals surface area contributed by atoms with Crippen molar-refractivity contribution in [3.8, 4) is 5.75 Å². The molecule has 122 valence electrons. The van der Waals surface area contributed by atoms with Crippen LogP contribution in [0, 0.1) is 0 Å². The Morgan fingerprint density at radius 2 is 2.23 bits per heavy atom. The van der Waals surface area contributed by atoms with E-state index < -0.39 is 9.84 Å². The Balaban J connectivity index is 1.89. The van der Waals surface area contributed by atoms with Crippen LogP contribution in [-0.2, 0) is 14.6 Å². The van der Waals surface area contributed by atoms with Crippen LogP contribution in [0.15, 0.2) is 24.3 Å². The van der Waals surface area contributed by atoms with Gasteiger partial charge in [-0.1, -0.05) is 12.5 Å². The Labute approximate surface area is 131 Å². The molecule has 0 aliphatic carbocycles. The van der Waals surface area contributed by atoms with Crippen molar-refractivity contribution in [3.63, 3.8) is 0 Å². The van der Waals surface area contributed by atoms with Crippen molar-refractivity contribution in [3.05, 3.63) is 24.3 Å². The number of hydrogen-bond acceptors (Lipinski definition) is 5. The molecule has 22 heavy (non-hydrogen) atoms. The topological polar surface area (TPSA) is 84.5 Å². The molecule has 1 amide bonds. The van der Waals surface area contributed by atoms with Gasteiger partial charge in [0.15, 0.2) is 9.84 Å². The van der Waals surface area contributed by atoms with Crippen LogP contribution in [0.5, 0.6) is 5.75 Å². The van der Waals surface area contributed by atoms with Gasteiger partial charge in [0, 0.05) is 18.0 Å². The number of piperidine rings is 1. The molecule has 0 radical (unpaired) electrons. The van der Waals surface area contributed by atoms with Gasteiger partial charge in [-0.05, 0) is 31.5 Å². The summed E-state index contributed by atoms with van der Waals surface area (Å²) in [6, 6.07) is 6.83. The lowest BCUT2D eigenvalue weighted by Crippen LogP contribution is -2.43. The van der Waals surface area contributed by atoms with Gasteiger partial charge in [-0.25, -0.2) is 8.42 Å². The minimum atomic E-state index is -3.04. The maximum absolute atomic E-state index is 12.1. The molecule has 1 aliphatic heterocycles. The first-order chi connectivity index (χ1) is 10.4. The van der Waals surface area contributed by atoms with Crippen molar-refractivity contribution in [2.45, 2.75) is 25.3 Å². The van der Waals surface area contributed by atoms with E-state index in [9.17, 15) is 13.2 Å². The smallest absolute Gasteiger partial charge is 0.241 e. The van der Waals surface area contributed by atoms with E-state index >= 15 is 0 Å². The van der Waals surface area contributed by atoms with Gasteiger partial charge >= 0.3 is 0 Å². The summed E-state index contributed by atoms with van der Waals surface area (Å²) in [5.41, 5.74) is 0.647. The molecule has 0 bridgehead atoms. The quantitative estimate of drug-likeness (QED) is 0.820. The molecule has 1 heterocycles. The number of sulfone groups is 1. The van der Waals surface area contributed by atoms with Gasteiger partial charge in [0.05, 0.1) is 11.8 Å². The first-order valence-corrected chi connectivity index (χ1v) is 9.45. The largest absolute Gasteiger partial charge is 0.492 e. The highest BCUT2D eigenvalue weighted by atomic mass is 32.2. The predicted molar refractivity (Wildman–Crippen MR) is 85.9 cm³/mol. The van der Waals surface area contributed by atoms with Crippen molar-refractivity contribution in [1.82, 2.24) is 5.32 Å². The zero-order valence-corrected chi connectivity index (χ0v) is 13.5. The van der Waals surface area contributed by atoms with Gasteiger partial charge in [0.25, 0.3) is 0 Å². The molecule has 1 saturated heterocycles. The maximum Gasteiger partial charge on any atom is 0.241 e. The van der Waals surface area contributed by atoms with Crippen molar-refractivity contribution in [2.75, 3.05) is 30.5 Å². The molecule has 2 N–H and O–H groups in total. The van der Waals surface area contributed by atoms with E-state index in [0.717, 1.165) is 25.8 Å². The highest BCUT2D eigenvalue weighted by Crippen LogP contribution is 2.18. The lowest BCUT2D eigenvalue weighted by molar-refractivity contribution is -0.118. The molecular formula is C15H22N2O4S. The average Bonchev–Trinajstić information content (AvgIpc) is 2.47. The fourth-order valence-electron chi connectivity index (χ4n) is 2.28. The molecule has 1 fully saturated rings. The standard InChI is InChI=1S/C15H22N2O4S/c1-22(19,20)10-9-21-13-6-4-5-12(11-13)17-15(18)14-7-2-3-8-16-14/h4-6,11,14,16H,2-3,7-10H2,1H3,(H,17,18). The fraction of sp³-hybridized carbons (Fsp3) is 0.533. The second kappa shape index (κ2) is 7.60. The van der Waals surface area contributed by atoms with Gasteiger partial charge in [-0.2, -0.15) is 0 Å². The predicted octanol–water partition coefficient (Wildman–Crippen LogP) is 1.19. The summed E-state index contributed by atoms with van der Waals surface area (Å²) in [4.78, 5) is 12.1. The summed E-state index contributed by atoms with van der Waals surface area (Å²) in [6.45, 7) is 0.965. The second-order valence-corrected chi connectivity index (χ2v) is 7.76. The Kier molecular flexibility index (Phi) is 5.79. The van der Waals surface area contributed by atoms with Crippen LogP contribution in [0.1, 0.15) is 19.3 Å². The van der Waals surface area contributed by atoms with E-state index in [-0.39, 0.29) is 24.3 Å². The summed E-state index contributed by atoms with van der Waals surface area (Å²) in [7, 11) is -3.04. The number of ether oxygens (including phenoxy) is 1. The van der Waals surface area contributed by atoms with E-state index in [1.165, 1.54) is 6.26 Å². The van der Waals surface area contributed by atoms with Crippen LogP contribution in [-0.4, -0.2) is 45.5 Å². The number of rotatable bonds is 6. The third kappa shape index (κ3) is 5.65. The highest BCUT2D eigenvalue weighted by molar-refractivity contribution is 7.90. The van der Waals surface area contributed by atoms with E-state index in [0.29, 0.717) is 11.4 Å². The van der Waals surface area contributed by atoms with Crippen LogP contribution in [0.4, 0.5) is 5.69 Å². The van der Waals surface area contributed by atoms with Gasteiger partial charge in [0.2, 0.25) is 5.91 Å². The van der Waals surface area contributed by atoms with Gasteiger partial charge in [0.1, 0.15) is 12.4 Å². The zero-order chi connectivity index (χ0) is 16.0. The molecule has 0 saturated carbocycles. The third-order valence-corrected chi connectivity index (χ3v) is 4.36. The van der Waals surface area contributed by atoms with Crippen molar-refractivity contribution >= 4 is 21.4 Å². The Hall–Kier alpha value is -1.60. The molecule has 1 aromatic rings. The maximum atomic E-state index is 12.1. The highest BCUT2D eigenvalue weighted by Gasteiger charge is 2.20. The Morgan fingerprint density at radius 3 is 2.91 bits per heavy atom. The molecule has 0 spiro atoms. The lowest BCUT2D eigenvalue weighted by atomic mass is 10.0. The van der Waals surface area contributed by atoms with E-state index in [1.807, 2.05) is 0 Å². The summed E-state index contributed by atoms with van der Waals surface area (Å²) in [6.07, 6.45) is 4.17. The second-order valence-electron chi connectivity index (χ2n) is 5.50. The van der Waals surface area contributed by atoms with Crippen LogP contribution in [0.2, 0.25) is 0 Å². The van der Waals surface area contributed by atoms with Gasteiger partial charge in [-0.15, -0.1) is 0 Å². The molecule has 7 heteroatoms. The Bertz CT molecular complexity index is 610. The number of nitrogens with one attached hydrogen (secondary N) is 2. The normalized spacial score (nSPS) is 18.7. The Morgan fingerprint density at radius 1 is 1.41 bits per heavy atom. The first kappa shape index (κ1) is 16.8. The minimum absolute atomic E-state index is 0.0322. The molecule has 2 rings (SSSR count). The number of benzene rings is 1. The first-order valence-electron chi connectivity index (χ1n) is 7.39. The van der Waals surface area contributed by atoms with Crippen molar-refractivity contribution in [1.29, 1.82) is 0 Å². The molecular weight excluding hydrogens is 304 g/mol. The number of amides is 1. The van der Waals surface area contributed by atoms with Crippen LogP contribution in [0.3, 0.4) is 0 Å². The summed E-state index contributed by atoms with van der Waals surface area (Å²) in [5, 5.41) is 6.05. The van der Waals surface area contributed by atoms with Crippen molar-refractivity contribution in [2.24, 2.45) is 0 Å². The fourth-order valence-corrected chi connectivity index (χ4v) is 2.67. The van der Waals surface area contributed by atoms with E-state index in [1.54, 1.807) is 24.3 Å². The van der Waals surface area contributed by atoms with Crippen molar-refractivity contribution < 1.29 is 17.9 Å². The monoisotopic (exact) mass is 326 g/mol. The molecule has 1 unspecified atom stereocenters. The van der Waals surface area contributed by atoms with E-state index in [2.05, 4.69) is 10.6 Å². The van der Waals surface area contributed by atoms with Gasteiger partial charge < -0.3 is 15.4 Å². The number of carbonyl (C=O) groups excluding carboxylic acids is 1. The minimum Gasteiger partial charge on any atom is -0.492 e. The molecule has 1 aromatic carbocycles. The molecule has 1 aliphatic rings. The zero-order valence-electron chi connectivity index (χ0n) is 12.7. The van der Waals surface area contributed by atoms with Crippen LogP contribution >= 0.6 is 0 Å². The number of anilines is 1. The SMILES string of the molecule is CS(=O)(=O)CCOc1cccc(NC(=O)C2CCCCN2)c1. The van der Waals surface area contributed by atoms with Crippen LogP contribution < -0.4 is 15.4 Å². The number of carbonyl (C=O) groups is 1. The summed E-state index contributed by atoms with van der Waals surface area (Å²) >= 11 is 0. The van der Waals surface area contributed by atoms with Crippen LogP contribution in [0.25, 0.3) is 0 Å². The van der Waals surface area contributed by atoms with E-state index in [4.69, 9.17) is 4.74 Å². The summed E-state index contributed by atoms with van der Waals surface area (Å²) < 4.78 is 27.5. The molecule has 1 atom stereocenters. The van der Waals surface area contributed by atoms with Gasteiger partial charge in [-0.3, -0.25) is 4.79 Å².